The molecule has 0 atom stereocenters. The Morgan fingerprint density at radius 3 is 2.57 bits per heavy atom. The van der Waals surface area contributed by atoms with Crippen LogP contribution in [0, 0.1) is 0 Å². The van der Waals surface area contributed by atoms with Gasteiger partial charge in [-0.3, -0.25) is 4.79 Å². The van der Waals surface area contributed by atoms with Gasteiger partial charge in [0.2, 0.25) is 5.91 Å². The maximum absolute atomic E-state index is 11.8. The second kappa shape index (κ2) is 8.97. The smallest absolute Gasteiger partial charge is 0.244 e. The van der Waals surface area contributed by atoms with Gasteiger partial charge < -0.3 is 5.32 Å². The molecule has 0 aliphatic rings. The zero-order valence-electron chi connectivity index (χ0n) is 12.4. The Morgan fingerprint density at radius 2 is 1.83 bits per heavy atom. The average Bonchev–Trinajstić information content (AvgIpc) is 2.52. The van der Waals surface area contributed by atoms with E-state index in [1.54, 1.807) is 24.3 Å². The Balaban J connectivity index is 1.77. The fourth-order valence-electron chi connectivity index (χ4n) is 2.05. The summed E-state index contributed by atoms with van der Waals surface area (Å²) in [5.74, 6) is -0.157. The van der Waals surface area contributed by atoms with E-state index in [9.17, 15) is 4.79 Å². The van der Waals surface area contributed by atoms with Gasteiger partial charge in [-0.15, -0.1) is 0 Å². The molecule has 0 aliphatic heterocycles. The minimum atomic E-state index is -0.157. The third-order valence-electron chi connectivity index (χ3n) is 3.26. The minimum Gasteiger partial charge on any atom is -0.353 e. The lowest BCUT2D eigenvalue weighted by Gasteiger charge is -2.05. The van der Waals surface area contributed by atoms with E-state index in [0.29, 0.717) is 16.6 Å². The van der Waals surface area contributed by atoms with E-state index in [1.165, 1.54) is 6.08 Å². The lowest BCUT2D eigenvalue weighted by atomic mass is 10.1. The van der Waals surface area contributed by atoms with Crippen molar-refractivity contribution in [3.63, 3.8) is 0 Å². The van der Waals surface area contributed by atoms with Crippen LogP contribution in [0.2, 0.25) is 15.1 Å². The summed E-state index contributed by atoms with van der Waals surface area (Å²) in [4.78, 5) is 11.8. The Bertz CT molecular complexity index is 713. The number of carbonyl (C=O) groups is 1. The molecule has 0 aromatic heterocycles. The van der Waals surface area contributed by atoms with Crippen molar-refractivity contribution < 1.29 is 4.79 Å². The monoisotopic (exact) mass is 367 g/mol. The van der Waals surface area contributed by atoms with Crippen LogP contribution in [0.25, 0.3) is 6.08 Å². The number of hydrogen-bond acceptors (Lipinski definition) is 1. The van der Waals surface area contributed by atoms with Crippen LogP contribution in [0.15, 0.2) is 48.5 Å². The van der Waals surface area contributed by atoms with Gasteiger partial charge in [-0.1, -0.05) is 59.1 Å². The van der Waals surface area contributed by atoms with Gasteiger partial charge in [-0.25, -0.2) is 0 Å². The van der Waals surface area contributed by atoms with Crippen molar-refractivity contribution in [1.29, 1.82) is 0 Å². The van der Waals surface area contributed by atoms with E-state index in [0.717, 1.165) is 29.0 Å². The standard InChI is InChI=1S/C18H16Cl3NO/c19-15-9-7-14(17(21)12-15)8-10-18(23)22-11-3-5-13-4-1-2-6-16(13)20/h1-2,4,6-10,12H,3,5,11H2,(H,22,23)/b10-8+. The van der Waals surface area contributed by atoms with Crippen molar-refractivity contribution in [2.24, 2.45) is 0 Å². The molecule has 5 heteroatoms. The minimum absolute atomic E-state index is 0.157. The molecular formula is C18H16Cl3NO. The fourth-order valence-corrected chi connectivity index (χ4v) is 2.75. The third-order valence-corrected chi connectivity index (χ3v) is 4.19. The molecule has 1 N–H and O–H groups in total. The zero-order valence-corrected chi connectivity index (χ0v) is 14.6. The number of nitrogens with one attached hydrogen (secondary N) is 1. The summed E-state index contributed by atoms with van der Waals surface area (Å²) in [6, 6.07) is 12.9. The molecule has 120 valence electrons. The molecule has 0 unspecified atom stereocenters. The number of amides is 1. The Labute approximate surface area is 151 Å². The van der Waals surface area contributed by atoms with Gasteiger partial charge in [-0.05, 0) is 48.2 Å². The summed E-state index contributed by atoms with van der Waals surface area (Å²) in [5.41, 5.74) is 1.84. The largest absolute Gasteiger partial charge is 0.353 e. The topological polar surface area (TPSA) is 29.1 Å². The molecule has 0 spiro atoms. The number of aryl methyl sites for hydroxylation is 1. The zero-order chi connectivity index (χ0) is 16.7. The van der Waals surface area contributed by atoms with Gasteiger partial charge in [0.15, 0.2) is 0 Å². The normalized spacial score (nSPS) is 10.9. The lowest BCUT2D eigenvalue weighted by molar-refractivity contribution is -0.116. The van der Waals surface area contributed by atoms with Crippen LogP contribution < -0.4 is 5.32 Å². The second-order valence-corrected chi connectivity index (χ2v) is 6.24. The van der Waals surface area contributed by atoms with E-state index < -0.39 is 0 Å². The predicted octanol–water partition coefficient (Wildman–Crippen LogP) is 5.41. The van der Waals surface area contributed by atoms with E-state index in [2.05, 4.69) is 5.32 Å². The molecule has 23 heavy (non-hydrogen) atoms. The van der Waals surface area contributed by atoms with E-state index in [-0.39, 0.29) is 5.91 Å². The molecule has 2 aromatic rings. The van der Waals surface area contributed by atoms with Crippen LogP contribution in [-0.2, 0) is 11.2 Å². The van der Waals surface area contributed by atoms with Crippen LogP contribution >= 0.6 is 34.8 Å². The molecule has 0 aliphatic carbocycles. The molecular weight excluding hydrogens is 353 g/mol. The van der Waals surface area contributed by atoms with Crippen LogP contribution in [0.1, 0.15) is 17.5 Å². The highest BCUT2D eigenvalue weighted by Gasteiger charge is 2.01. The average molecular weight is 369 g/mol. The van der Waals surface area contributed by atoms with Crippen LogP contribution in [0.3, 0.4) is 0 Å². The number of benzene rings is 2. The fraction of sp³-hybridized carbons (Fsp3) is 0.167. The van der Waals surface area contributed by atoms with Crippen molar-refractivity contribution in [2.45, 2.75) is 12.8 Å². The molecule has 0 heterocycles. The highest BCUT2D eigenvalue weighted by atomic mass is 35.5. The molecule has 0 saturated heterocycles. The van der Waals surface area contributed by atoms with E-state index in [1.807, 2.05) is 24.3 Å². The number of halogens is 3. The molecule has 1 amide bonds. The number of carbonyl (C=O) groups excluding carboxylic acids is 1. The van der Waals surface area contributed by atoms with E-state index in [4.69, 9.17) is 34.8 Å². The molecule has 0 saturated carbocycles. The summed E-state index contributed by atoms with van der Waals surface area (Å²) in [7, 11) is 0. The summed E-state index contributed by atoms with van der Waals surface area (Å²) < 4.78 is 0. The van der Waals surface area contributed by atoms with Gasteiger partial charge >= 0.3 is 0 Å². The first-order valence-electron chi connectivity index (χ1n) is 7.20. The molecule has 0 bridgehead atoms. The van der Waals surface area contributed by atoms with Crippen molar-refractivity contribution in [3.05, 3.63) is 74.7 Å². The number of hydrogen-bond donors (Lipinski definition) is 1. The molecule has 2 aromatic carbocycles. The van der Waals surface area contributed by atoms with Crippen molar-refractivity contribution in [3.8, 4) is 0 Å². The second-order valence-electron chi connectivity index (χ2n) is 4.99. The van der Waals surface area contributed by atoms with Crippen LogP contribution in [-0.4, -0.2) is 12.5 Å². The van der Waals surface area contributed by atoms with Gasteiger partial charge in [0, 0.05) is 27.7 Å². The number of rotatable bonds is 6. The summed E-state index contributed by atoms with van der Waals surface area (Å²) in [6.45, 7) is 0.586. The van der Waals surface area contributed by atoms with Crippen molar-refractivity contribution >= 4 is 46.8 Å². The summed E-state index contributed by atoms with van der Waals surface area (Å²) in [6.07, 6.45) is 4.78. The Hall–Kier alpha value is -1.48. The van der Waals surface area contributed by atoms with Crippen molar-refractivity contribution in [2.75, 3.05) is 6.54 Å². The molecule has 2 rings (SSSR count). The summed E-state index contributed by atoms with van der Waals surface area (Å²) >= 11 is 18.0. The van der Waals surface area contributed by atoms with Gasteiger partial charge in [-0.2, -0.15) is 0 Å². The highest BCUT2D eigenvalue weighted by Crippen LogP contribution is 2.21. The lowest BCUT2D eigenvalue weighted by Crippen LogP contribution is -2.22. The van der Waals surface area contributed by atoms with Crippen LogP contribution in [0.5, 0.6) is 0 Å². The van der Waals surface area contributed by atoms with Crippen molar-refractivity contribution in [1.82, 2.24) is 5.32 Å². The first-order valence-corrected chi connectivity index (χ1v) is 8.34. The Morgan fingerprint density at radius 1 is 1.04 bits per heavy atom. The van der Waals surface area contributed by atoms with Gasteiger partial charge in [0.1, 0.15) is 0 Å². The molecule has 0 radical (unpaired) electrons. The SMILES string of the molecule is O=C(/C=C/c1ccc(Cl)cc1Cl)NCCCc1ccccc1Cl. The third kappa shape index (κ3) is 5.91. The van der Waals surface area contributed by atoms with Gasteiger partial charge in [0.25, 0.3) is 0 Å². The molecule has 0 fully saturated rings. The maximum atomic E-state index is 11.8. The first kappa shape index (κ1) is 17.9. The quantitative estimate of drug-likeness (QED) is 0.536. The Kier molecular flexibility index (Phi) is 6.97. The molecule has 2 nitrogen and oxygen atoms in total. The summed E-state index contributed by atoms with van der Waals surface area (Å²) in [5, 5.41) is 4.68. The highest BCUT2D eigenvalue weighted by molar-refractivity contribution is 6.35. The predicted molar refractivity (Wildman–Crippen MR) is 98.3 cm³/mol. The van der Waals surface area contributed by atoms with Gasteiger partial charge in [0.05, 0.1) is 0 Å². The first-order chi connectivity index (χ1) is 11.1. The van der Waals surface area contributed by atoms with Crippen LogP contribution in [0.4, 0.5) is 0 Å². The maximum Gasteiger partial charge on any atom is 0.244 e. The van der Waals surface area contributed by atoms with E-state index >= 15 is 0 Å².